The smallest absolute Gasteiger partial charge is 0.253 e. The lowest BCUT2D eigenvalue weighted by Gasteiger charge is -2.05. The lowest BCUT2D eigenvalue weighted by Crippen LogP contribution is -2.24. The van der Waals surface area contributed by atoms with Gasteiger partial charge in [-0.3, -0.25) is 4.79 Å². The summed E-state index contributed by atoms with van der Waals surface area (Å²) in [6, 6.07) is 5.63. The van der Waals surface area contributed by atoms with E-state index in [1.165, 1.54) is 0 Å². The van der Waals surface area contributed by atoms with Crippen molar-refractivity contribution in [3.05, 3.63) is 29.6 Å². The predicted octanol–water partition coefficient (Wildman–Crippen LogP) is 2.79. The molecule has 2 rings (SSSR count). The summed E-state index contributed by atoms with van der Waals surface area (Å²) in [5.74, 6) is 0.791. The van der Waals surface area contributed by atoms with Gasteiger partial charge in [-0.05, 0) is 25.5 Å². The molecule has 0 saturated carbocycles. The van der Waals surface area contributed by atoms with E-state index in [0.717, 1.165) is 42.7 Å². The number of benzene rings is 1. The first-order chi connectivity index (χ1) is 8.72. The Kier molecular flexibility index (Phi) is 3.97. The van der Waals surface area contributed by atoms with Crippen molar-refractivity contribution in [3.63, 3.8) is 0 Å². The average molecular weight is 245 g/mol. The molecular formula is C14H19N3O. The normalized spacial score (nSPS) is 10.8. The van der Waals surface area contributed by atoms with Crippen LogP contribution in [-0.4, -0.2) is 22.4 Å². The highest BCUT2D eigenvalue weighted by atomic mass is 16.1. The molecule has 2 aromatic rings. The first kappa shape index (κ1) is 12.6. The number of nitrogens with one attached hydrogen (secondary N) is 2. The fourth-order valence-corrected chi connectivity index (χ4v) is 2.01. The maximum absolute atomic E-state index is 12.1. The second-order valence-electron chi connectivity index (χ2n) is 4.49. The number of nitrogens with zero attached hydrogens (tertiary/aromatic N) is 1. The highest BCUT2D eigenvalue weighted by Crippen LogP contribution is 2.16. The molecule has 1 aromatic carbocycles. The SMILES string of the molecule is CCCCCNC(=O)c1cccc2[nH]c(C)nc12. The van der Waals surface area contributed by atoms with Gasteiger partial charge in [0, 0.05) is 6.54 Å². The van der Waals surface area contributed by atoms with E-state index >= 15 is 0 Å². The Balaban J connectivity index is 2.12. The zero-order valence-corrected chi connectivity index (χ0v) is 10.9. The van der Waals surface area contributed by atoms with E-state index < -0.39 is 0 Å². The molecule has 1 aromatic heterocycles. The fraction of sp³-hybridized carbons (Fsp3) is 0.429. The Labute approximate surface area is 107 Å². The van der Waals surface area contributed by atoms with E-state index in [2.05, 4.69) is 22.2 Å². The maximum atomic E-state index is 12.1. The molecule has 0 bridgehead atoms. The quantitative estimate of drug-likeness (QED) is 0.796. The number of hydrogen-bond acceptors (Lipinski definition) is 2. The third kappa shape index (κ3) is 2.70. The Bertz CT molecular complexity index is 545. The number of aromatic nitrogens is 2. The first-order valence-corrected chi connectivity index (χ1v) is 6.46. The van der Waals surface area contributed by atoms with Gasteiger partial charge in [0.25, 0.3) is 5.91 Å². The number of fused-ring (bicyclic) bond motifs is 1. The monoisotopic (exact) mass is 245 g/mol. The number of amides is 1. The second-order valence-corrected chi connectivity index (χ2v) is 4.49. The number of aryl methyl sites for hydroxylation is 1. The minimum Gasteiger partial charge on any atom is -0.352 e. The van der Waals surface area contributed by atoms with E-state index in [1.807, 2.05) is 25.1 Å². The number of imidazole rings is 1. The molecule has 0 saturated heterocycles. The van der Waals surface area contributed by atoms with Crippen molar-refractivity contribution in [3.8, 4) is 0 Å². The van der Waals surface area contributed by atoms with Crippen molar-refractivity contribution in [2.24, 2.45) is 0 Å². The first-order valence-electron chi connectivity index (χ1n) is 6.46. The van der Waals surface area contributed by atoms with Gasteiger partial charge >= 0.3 is 0 Å². The van der Waals surface area contributed by atoms with Crippen LogP contribution in [0.25, 0.3) is 11.0 Å². The summed E-state index contributed by atoms with van der Waals surface area (Å²) in [6.45, 7) is 4.77. The van der Waals surface area contributed by atoms with Crippen LogP contribution in [0.15, 0.2) is 18.2 Å². The number of H-pyrrole nitrogens is 1. The molecule has 96 valence electrons. The number of para-hydroxylation sites is 1. The minimum absolute atomic E-state index is 0.0387. The van der Waals surface area contributed by atoms with Crippen molar-refractivity contribution in [1.29, 1.82) is 0 Å². The molecule has 4 heteroatoms. The van der Waals surface area contributed by atoms with Gasteiger partial charge < -0.3 is 10.3 Å². The summed E-state index contributed by atoms with van der Waals surface area (Å²) >= 11 is 0. The molecular weight excluding hydrogens is 226 g/mol. The molecule has 0 spiro atoms. The van der Waals surface area contributed by atoms with E-state index in [0.29, 0.717) is 5.56 Å². The van der Waals surface area contributed by atoms with Gasteiger partial charge in [0.15, 0.2) is 0 Å². The number of carbonyl (C=O) groups excluding carboxylic acids is 1. The number of unbranched alkanes of at least 4 members (excludes halogenated alkanes) is 2. The summed E-state index contributed by atoms with van der Waals surface area (Å²) in [7, 11) is 0. The van der Waals surface area contributed by atoms with Crippen LogP contribution in [0.4, 0.5) is 0 Å². The zero-order chi connectivity index (χ0) is 13.0. The largest absolute Gasteiger partial charge is 0.352 e. The Morgan fingerprint density at radius 1 is 1.39 bits per heavy atom. The summed E-state index contributed by atoms with van der Waals surface area (Å²) in [5, 5.41) is 2.94. The molecule has 0 aliphatic rings. The second kappa shape index (κ2) is 5.67. The van der Waals surface area contributed by atoms with E-state index in [-0.39, 0.29) is 5.91 Å². The number of aromatic amines is 1. The molecule has 18 heavy (non-hydrogen) atoms. The van der Waals surface area contributed by atoms with Crippen molar-refractivity contribution in [2.45, 2.75) is 33.1 Å². The van der Waals surface area contributed by atoms with Crippen molar-refractivity contribution < 1.29 is 4.79 Å². The molecule has 0 fully saturated rings. The van der Waals surface area contributed by atoms with Gasteiger partial charge in [0.05, 0.1) is 11.1 Å². The van der Waals surface area contributed by atoms with Gasteiger partial charge in [-0.2, -0.15) is 0 Å². The molecule has 0 unspecified atom stereocenters. The highest BCUT2D eigenvalue weighted by molar-refractivity contribution is 6.04. The average Bonchev–Trinajstić information content (AvgIpc) is 2.74. The fourth-order valence-electron chi connectivity index (χ4n) is 2.01. The van der Waals surface area contributed by atoms with Gasteiger partial charge in [-0.15, -0.1) is 0 Å². The van der Waals surface area contributed by atoms with Crippen LogP contribution in [0.1, 0.15) is 42.4 Å². The third-order valence-electron chi connectivity index (χ3n) is 2.94. The van der Waals surface area contributed by atoms with Crippen LogP contribution in [0.5, 0.6) is 0 Å². The minimum atomic E-state index is -0.0387. The van der Waals surface area contributed by atoms with E-state index in [9.17, 15) is 4.79 Å². The number of carbonyl (C=O) groups is 1. The van der Waals surface area contributed by atoms with E-state index in [4.69, 9.17) is 0 Å². The molecule has 0 aliphatic heterocycles. The van der Waals surface area contributed by atoms with E-state index in [1.54, 1.807) is 0 Å². The Morgan fingerprint density at radius 2 is 2.22 bits per heavy atom. The molecule has 0 radical (unpaired) electrons. The van der Waals surface area contributed by atoms with Crippen molar-refractivity contribution >= 4 is 16.9 Å². The van der Waals surface area contributed by atoms with Crippen molar-refractivity contribution in [2.75, 3.05) is 6.54 Å². The van der Waals surface area contributed by atoms with Gasteiger partial charge in [0.2, 0.25) is 0 Å². The topological polar surface area (TPSA) is 57.8 Å². The zero-order valence-electron chi connectivity index (χ0n) is 10.9. The van der Waals surface area contributed by atoms with Crippen LogP contribution in [0.2, 0.25) is 0 Å². The summed E-state index contributed by atoms with van der Waals surface area (Å²) in [6.07, 6.45) is 3.33. The maximum Gasteiger partial charge on any atom is 0.253 e. The number of hydrogen-bond donors (Lipinski definition) is 2. The molecule has 4 nitrogen and oxygen atoms in total. The van der Waals surface area contributed by atoms with Crippen LogP contribution in [-0.2, 0) is 0 Å². The van der Waals surface area contributed by atoms with Crippen LogP contribution >= 0.6 is 0 Å². The summed E-state index contributed by atoms with van der Waals surface area (Å²) < 4.78 is 0. The van der Waals surface area contributed by atoms with Crippen molar-refractivity contribution in [1.82, 2.24) is 15.3 Å². The van der Waals surface area contributed by atoms with Gasteiger partial charge in [-0.25, -0.2) is 4.98 Å². The van der Waals surface area contributed by atoms with Crippen LogP contribution < -0.4 is 5.32 Å². The molecule has 0 atom stereocenters. The number of rotatable bonds is 5. The standard InChI is InChI=1S/C14H19N3O/c1-3-4-5-9-15-14(18)11-7-6-8-12-13(11)17-10(2)16-12/h6-8H,3-5,9H2,1-2H3,(H,15,18)(H,16,17). The van der Waals surface area contributed by atoms with Gasteiger partial charge in [0.1, 0.15) is 11.3 Å². The summed E-state index contributed by atoms with van der Waals surface area (Å²) in [5.41, 5.74) is 2.31. The molecule has 1 amide bonds. The predicted molar refractivity (Wildman–Crippen MR) is 72.7 cm³/mol. The van der Waals surface area contributed by atoms with Gasteiger partial charge in [-0.1, -0.05) is 25.8 Å². The highest BCUT2D eigenvalue weighted by Gasteiger charge is 2.11. The Morgan fingerprint density at radius 3 is 3.00 bits per heavy atom. The van der Waals surface area contributed by atoms with Crippen LogP contribution in [0, 0.1) is 6.92 Å². The molecule has 2 N–H and O–H groups in total. The molecule has 0 aliphatic carbocycles. The lowest BCUT2D eigenvalue weighted by molar-refractivity contribution is 0.0954. The lowest BCUT2D eigenvalue weighted by atomic mass is 10.1. The Hall–Kier alpha value is -1.84. The molecule has 1 heterocycles. The summed E-state index contributed by atoms with van der Waals surface area (Å²) in [4.78, 5) is 19.6. The van der Waals surface area contributed by atoms with Crippen LogP contribution in [0.3, 0.4) is 0 Å². The third-order valence-corrected chi connectivity index (χ3v) is 2.94.